The van der Waals surface area contributed by atoms with E-state index >= 15 is 0 Å². The molecular weight excluding hydrogens is 278 g/mol. The molecule has 0 saturated heterocycles. The molecule has 1 heterocycles. The van der Waals surface area contributed by atoms with Gasteiger partial charge in [-0.25, -0.2) is 0 Å². The minimum Gasteiger partial charge on any atom is -0.489 e. The molecule has 0 saturated carbocycles. The molecule has 1 aromatic rings. The van der Waals surface area contributed by atoms with Crippen molar-refractivity contribution in [2.75, 3.05) is 0 Å². The first-order valence-corrected chi connectivity index (χ1v) is 7.15. The summed E-state index contributed by atoms with van der Waals surface area (Å²) in [6.07, 6.45) is 6.07. The van der Waals surface area contributed by atoms with Crippen molar-refractivity contribution in [2.24, 2.45) is 5.92 Å². The van der Waals surface area contributed by atoms with Gasteiger partial charge in [-0.2, -0.15) is 0 Å². The van der Waals surface area contributed by atoms with E-state index in [2.05, 4.69) is 40.8 Å². The smallest absolute Gasteiger partial charge is 0.138 e. The first-order valence-electron chi connectivity index (χ1n) is 6.23. The Morgan fingerprint density at radius 1 is 1.24 bits per heavy atom. The van der Waals surface area contributed by atoms with Gasteiger partial charge in [0, 0.05) is 11.0 Å². The van der Waals surface area contributed by atoms with Crippen molar-refractivity contribution >= 4 is 15.9 Å². The summed E-state index contributed by atoms with van der Waals surface area (Å²) in [5, 5.41) is 0. The Morgan fingerprint density at radius 2 is 1.94 bits per heavy atom. The second-order valence-electron chi connectivity index (χ2n) is 4.99. The monoisotopic (exact) mass is 299 g/mol. The van der Waals surface area contributed by atoms with Gasteiger partial charge in [0.1, 0.15) is 5.75 Å². The van der Waals surface area contributed by atoms with Crippen molar-refractivity contribution in [3.63, 3.8) is 0 Å². The summed E-state index contributed by atoms with van der Waals surface area (Å²) in [4.78, 5) is 4.79. The molecule has 0 aliphatic heterocycles. The van der Waals surface area contributed by atoms with Crippen LogP contribution in [0.4, 0.5) is 0 Å². The van der Waals surface area contributed by atoms with Gasteiger partial charge in [0.25, 0.3) is 0 Å². The Hall–Kier alpha value is -0.570. The zero-order chi connectivity index (χ0) is 12.8. The Kier molecular flexibility index (Phi) is 5.96. The average Bonchev–Trinajstić information content (AvgIpc) is 2.25. The lowest BCUT2D eigenvalue weighted by molar-refractivity contribution is 0.241. The third kappa shape index (κ3) is 5.53. The first-order chi connectivity index (χ1) is 7.99. The van der Waals surface area contributed by atoms with Gasteiger partial charge in [-0.3, -0.25) is 4.98 Å². The topological polar surface area (TPSA) is 22.1 Å². The van der Waals surface area contributed by atoms with E-state index in [0.717, 1.165) is 18.6 Å². The van der Waals surface area contributed by atoms with E-state index in [1.165, 1.54) is 5.56 Å². The normalized spacial score (nSPS) is 13.1. The van der Waals surface area contributed by atoms with Gasteiger partial charge in [0.05, 0.1) is 12.3 Å². The van der Waals surface area contributed by atoms with Crippen molar-refractivity contribution in [1.82, 2.24) is 4.98 Å². The highest BCUT2D eigenvalue weighted by Crippen LogP contribution is 2.20. The SMILES string of the molecule is CC(C)Oc1cncc(CCC(Br)C(C)C)c1. The van der Waals surface area contributed by atoms with Crippen LogP contribution in [-0.4, -0.2) is 15.9 Å². The number of hydrogen-bond donors (Lipinski definition) is 0. The maximum Gasteiger partial charge on any atom is 0.138 e. The van der Waals surface area contributed by atoms with Crippen LogP contribution in [0.2, 0.25) is 0 Å². The maximum absolute atomic E-state index is 5.63. The molecule has 96 valence electrons. The Balaban J connectivity index is 2.54. The molecule has 0 aliphatic carbocycles. The molecule has 17 heavy (non-hydrogen) atoms. The molecule has 1 atom stereocenters. The lowest BCUT2D eigenvalue weighted by Crippen LogP contribution is -2.09. The van der Waals surface area contributed by atoms with Gasteiger partial charge in [-0.05, 0) is 44.2 Å². The van der Waals surface area contributed by atoms with E-state index in [0.29, 0.717) is 10.7 Å². The summed E-state index contributed by atoms with van der Waals surface area (Å²) in [6, 6.07) is 2.09. The minimum absolute atomic E-state index is 0.201. The number of halogens is 1. The van der Waals surface area contributed by atoms with Crippen LogP contribution >= 0.6 is 15.9 Å². The van der Waals surface area contributed by atoms with Crippen LogP contribution in [0.25, 0.3) is 0 Å². The molecule has 0 radical (unpaired) electrons. The van der Waals surface area contributed by atoms with Crippen LogP contribution in [0.1, 0.15) is 39.7 Å². The summed E-state index contributed by atoms with van der Waals surface area (Å²) in [6.45, 7) is 8.52. The standard InChI is InChI=1S/C14H22BrNO/c1-10(2)14(15)6-5-12-7-13(9-16-8-12)17-11(3)4/h7-11,14H,5-6H2,1-4H3. The second-order valence-corrected chi connectivity index (χ2v) is 6.17. The lowest BCUT2D eigenvalue weighted by atomic mass is 10.0. The fourth-order valence-electron chi connectivity index (χ4n) is 1.57. The molecule has 0 aliphatic rings. The zero-order valence-corrected chi connectivity index (χ0v) is 12.7. The number of rotatable bonds is 6. The number of pyridine rings is 1. The maximum atomic E-state index is 5.63. The fraction of sp³-hybridized carbons (Fsp3) is 0.643. The van der Waals surface area contributed by atoms with Crippen LogP contribution in [0.5, 0.6) is 5.75 Å². The van der Waals surface area contributed by atoms with E-state index in [1.807, 2.05) is 20.0 Å². The van der Waals surface area contributed by atoms with Crippen molar-refractivity contribution in [3.05, 3.63) is 24.0 Å². The number of nitrogens with zero attached hydrogens (tertiary/aromatic N) is 1. The molecule has 2 nitrogen and oxygen atoms in total. The van der Waals surface area contributed by atoms with Crippen molar-refractivity contribution < 1.29 is 4.74 Å². The highest BCUT2D eigenvalue weighted by Gasteiger charge is 2.09. The van der Waals surface area contributed by atoms with E-state index in [4.69, 9.17) is 4.74 Å². The van der Waals surface area contributed by atoms with Crippen LogP contribution in [0.3, 0.4) is 0 Å². The second kappa shape index (κ2) is 7.00. The van der Waals surface area contributed by atoms with Crippen molar-refractivity contribution in [1.29, 1.82) is 0 Å². The largest absolute Gasteiger partial charge is 0.489 e. The van der Waals surface area contributed by atoms with Crippen molar-refractivity contribution in [2.45, 2.75) is 51.5 Å². The van der Waals surface area contributed by atoms with Crippen LogP contribution in [0, 0.1) is 5.92 Å². The predicted molar refractivity (Wildman–Crippen MR) is 75.9 cm³/mol. The number of aryl methyl sites for hydroxylation is 1. The lowest BCUT2D eigenvalue weighted by Gasteiger charge is -2.14. The molecule has 0 bridgehead atoms. The van der Waals surface area contributed by atoms with E-state index < -0.39 is 0 Å². The van der Waals surface area contributed by atoms with Gasteiger partial charge in [-0.15, -0.1) is 0 Å². The van der Waals surface area contributed by atoms with Crippen LogP contribution in [0.15, 0.2) is 18.5 Å². The van der Waals surface area contributed by atoms with E-state index in [-0.39, 0.29) is 6.10 Å². The number of ether oxygens (including phenoxy) is 1. The quantitative estimate of drug-likeness (QED) is 0.734. The summed E-state index contributed by atoms with van der Waals surface area (Å²) < 4.78 is 5.63. The van der Waals surface area contributed by atoms with E-state index in [1.54, 1.807) is 6.20 Å². The van der Waals surface area contributed by atoms with Gasteiger partial charge in [-0.1, -0.05) is 29.8 Å². The molecule has 1 unspecified atom stereocenters. The molecule has 0 aromatic carbocycles. The van der Waals surface area contributed by atoms with Crippen LogP contribution < -0.4 is 4.74 Å². The average molecular weight is 300 g/mol. The van der Waals surface area contributed by atoms with E-state index in [9.17, 15) is 0 Å². The molecule has 0 amide bonds. The summed E-state index contributed by atoms with van der Waals surface area (Å²) in [5.74, 6) is 1.53. The highest BCUT2D eigenvalue weighted by molar-refractivity contribution is 9.09. The summed E-state index contributed by atoms with van der Waals surface area (Å²) in [7, 11) is 0. The first kappa shape index (κ1) is 14.5. The molecule has 0 fully saturated rings. The minimum atomic E-state index is 0.201. The van der Waals surface area contributed by atoms with Crippen LogP contribution in [-0.2, 0) is 6.42 Å². The summed E-state index contributed by atoms with van der Waals surface area (Å²) in [5.41, 5.74) is 1.24. The van der Waals surface area contributed by atoms with Crippen molar-refractivity contribution in [3.8, 4) is 5.75 Å². The molecule has 3 heteroatoms. The molecule has 0 spiro atoms. The Bertz CT molecular complexity index is 339. The molecular formula is C14H22BrNO. The third-order valence-electron chi connectivity index (χ3n) is 2.57. The van der Waals surface area contributed by atoms with Gasteiger partial charge in [0.15, 0.2) is 0 Å². The Labute approximate surface area is 113 Å². The number of hydrogen-bond acceptors (Lipinski definition) is 2. The molecule has 1 rings (SSSR count). The molecule has 1 aromatic heterocycles. The predicted octanol–water partition coefficient (Wildman–Crippen LogP) is 4.22. The zero-order valence-electron chi connectivity index (χ0n) is 11.1. The highest BCUT2D eigenvalue weighted by atomic mass is 79.9. The Morgan fingerprint density at radius 3 is 2.53 bits per heavy atom. The molecule has 0 N–H and O–H groups in total. The van der Waals surface area contributed by atoms with Gasteiger partial charge >= 0.3 is 0 Å². The summed E-state index contributed by atoms with van der Waals surface area (Å²) >= 11 is 3.71. The van der Waals surface area contributed by atoms with Gasteiger partial charge < -0.3 is 4.74 Å². The third-order valence-corrected chi connectivity index (χ3v) is 4.09. The number of aromatic nitrogens is 1. The fourth-order valence-corrected chi connectivity index (χ4v) is 1.80. The van der Waals surface area contributed by atoms with Gasteiger partial charge in [0.2, 0.25) is 0 Å². The number of alkyl halides is 1.